The van der Waals surface area contributed by atoms with E-state index < -0.39 is 0 Å². The quantitative estimate of drug-likeness (QED) is 0.487. The Balaban J connectivity index is 1.79. The van der Waals surface area contributed by atoms with Crippen molar-refractivity contribution in [3.63, 3.8) is 0 Å². The molecular formula is C21H38NO4+. The maximum absolute atomic E-state index is 12.4. The molecule has 0 spiro atoms. The number of rotatable bonds is 8. The maximum Gasteiger partial charge on any atom is 0.361 e. The lowest BCUT2D eigenvalue weighted by Crippen LogP contribution is -2.46. The van der Waals surface area contributed by atoms with E-state index in [-0.39, 0.29) is 35.4 Å². The molecule has 5 nitrogen and oxygen atoms in total. The molecule has 0 aromatic carbocycles. The number of carbonyl (C=O) groups is 2. The summed E-state index contributed by atoms with van der Waals surface area (Å²) in [4.78, 5) is 24.4. The highest BCUT2D eigenvalue weighted by Gasteiger charge is 2.62. The molecule has 0 aromatic rings. The van der Waals surface area contributed by atoms with Crippen molar-refractivity contribution in [3.05, 3.63) is 0 Å². The van der Waals surface area contributed by atoms with E-state index in [0.717, 1.165) is 12.8 Å². The molecule has 0 unspecified atom stereocenters. The first-order valence-electron chi connectivity index (χ1n) is 10.0. The summed E-state index contributed by atoms with van der Waals surface area (Å²) < 4.78 is 11.6. The number of ether oxygens (including phenoxy) is 2. The zero-order valence-electron chi connectivity index (χ0n) is 17.8. The van der Waals surface area contributed by atoms with Crippen molar-refractivity contribution >= 4 is 11.9 Å². The van der Waals surface area contributed by atoms with Crippen LogP contribution in [0.3, 0.4) is 0 Å². The molecule has 2 aliphatic carbocycles. The lowest BCUT2D eigenvalue weighted by molar-refractivity contribution is -0.882. The minimum atomic E-state index is -0.209. The Morgan fingerprint density at radius 3 is 2.31 bits per heavy atom. The van der Waals surface area contributed by atoms with Gasteiger partial charge in [0.1, 0.15) is 6.10 Å². The Morgan fingerprint density at radius 2 is 1.81 bits per heavy atom. The molecule has 150 valence electrons. The summed E-state index contributed by atoms with van der Waals surface area (Å²) in [5.41, 5.74) is 0.339. The van der Waals surface area contributed by atoms with Crippen molar-refractivity contribution in [2.24, 2.45) is 22.7 Å². The number of hydrogen-bond acceptors (Lipinski definition) is 4. The number of quaternary nitrogens is 1. The largest absolute Gasteiger partial charge is 0.462 e. The van der Waals surface area contributed by atoms with Gasteiger partial charge in [0, 0.05) is 5.41 Å². The fourth-order valence-corrected chi connectivity index (χ4v) is 4.65. The van der Waals surface area contributed by atoms with E-state index in [1.807, 2.05) is 27.9 Å². The normalized spacial score (nSPS) is 29.8. The molecule has 2 fully saturated rings. The van der Waals surface area contributed by atoms with Gasteiger partial charge in [-0.3, -0.25) is 4.79 Å². The summed E-state index contributed by atoms with van der Waals surface area (Å²) in [5, 5.41) is 0. The Hall–Kier alpha value is -1.10. The van der Waals surface area contributed by atoms with Gasteiger partial charge in [-0.2, -0.15) is 0 Å². The summed E-state index contributed by atoms with van der Waals surface area (Å²) in [6, 6.07) is 0. The summed E-state index contributed by atoms with van der Waals surface area (Å²) in [5.74, 6) is 0.644. The van der Waals surface area contributed by atoms with E-state index in [2.05, 4.69) is 20.8 Å². The standard InChI is InChI=1S/C21H38NO4/c1-15(2)14-25-19(24)13-22(6,7)11-9-18(23)26-17-12-16-8-10-21(17,5)20(16,3)4/h15-17H,8-14H2,1-7H3/q+1/t16-,17-,21-/m1/s1. The molecular weight excluding hydrogens is 330 g/mol. The van der Waals surface area contributed by atoms with Crippen LogP contribution in [0.2, 0.25) is 0 Å². The van der Waals surface area contributed by atoms with E-state index in [1.165, 1.54) is 6.42 Å². The van der Waals surface area contributed by atoms with E-state index >= 15 is 0 Å². The SMILES string of the molecule is CC(C)COC(=O)C[N+](C)(C)CCC(=O)O[C@@H]1C[C@H]2CC[C@@]1(C)C2(C)C. The molecule has 0 N–H and O–H groups in total. The lowest BCUT2D eigenvalue weighted by Gasteiger charge is -2.38. The number of carbonyl (C=O) groups excluding carboxylic acids is 2. The minimum Gasteiger partial charge on any atom is -0.462 e. The predicted molar refractivity (Wildman–Crippen MR) is 101 cm³/mol. The second-order valence-electron chi connectivity index (χ2n) is 10.2. The van der Waals surface area contributed by atoms with Gasteiger partial charge in [-0.25, -0.2) is 4.79 Å². The second kappa shape index (κ2) is 7.49. The summed E-state index contributed by atoms with van der Waals surface area (Å²) in [6.07, 6.45) is 3.76. The second-order valence-corrected chi connectivity index (χ2v) is 10.2. The van der Waals surface area contributed by atoms with Gasteiger partial charge in [-0.1, -0.05) is 34.6 Å². The molecule has 0 aliphatic heterocycles. The monoisotopic (exact) mass is 368 g/mol. The van der Waals surface area contributed by atoms with Crippen molar-refractivity contribution in [1.82, 2.24) is 0 Å². The summed E-state index contributed by atoms with van der Waals surface area (Å²) in [7, 11) is 3.90. The third-order valence-electron chi connectivity index (χ3n) is 7.04. The molecule has 0 radical (unpaired) electrons. The third-order valence-corrected chi connectivity index (χ3v) is 7.04. The molecule has 0 heterocycles. The van der Waals surface area contributed by atoms with Gasteiger partial charge in [0.05, 0.1) is 33.7 Å². The first kappa shape index (κ1) is 21.2. The average Bonchev–Trinajstić information content (AvgIpc) is 2.84. The number of esters is 2. The van der Waals surface area contributed by atoms with Gasteiger partial charge in [-0.05, 0) is 36.5 Å². The Labute approximate surface area is 159 Å². The minimum absolute atomic E-state index is 0.0374. The van der Waals surface area contributed by atoms with Crippen LogP contribution in [-0.2, 0) is 19.1 Å². The number of nitrogens with zero attached hydrogens (tertiary/aromatic N) is 1. The van der Waals surface area contributed by atoms with Crippen molar-refractivity contribution in [1.29, 1.82) is 0 Å². The summed E-state index contributed by atoms with van der Waals surface area (Å²) in [6.45, 7) is 12.2. The van der Waals surface area contributed by atoms with Crippen molar-refractivity contribution in [2.75, 3.05) is 33.8 Å². The highest BCUT2D eigenvalue weighted by molar-refractivity contribution is 5.71. The smallest absolute Gasteiger partial charge is 0.361 e. The highest BCUT2D eigenvalue weighted by Crippen LogP contribution is 2.66. The van der Waals surface area contributed by atoms with Crippen LogP contribution < -0.4 is 0 Å². The van der Waals surface area contributed by atoms with Gasteiger partial charge in [0.25, 0.3) is 0 Å². The molecule has 3 atom stereocenters. The highest BCUT2D eigenvalue weighted by atomic mass is 16.5. The van der Waals surface area contributed by atoms with E-state index in [4.69, 9.17) is 9.47 Å². The Morgan fingerprint density at radius 1 is 1.15 bits per heavy atom. The number of hydrogen-bond donors (Lipinski definition) is 0. The van der Waals surface area contributed by atoms with Crippen molar-refractivity contribution in [2.45, 2.75) is 66.4 Å². The topological polar surface area (TPSA) is 52.6 Å². The molecule has 0 aromatic heterocycles. The maximum atomic E-state index is 12.4. The fourth-order valence-electron chi connectivity index (χ4n) is 4.65. The van der Waals surface area contributed by atoms with E-state index in [1.54, 1.807) is 0 Å². The van der Waals surface area contributed by atoms with Gasteiger partial charge in [0.2, 0.25) is 0 Å². The van der Waals surface area contributed by atoms with Crippen LogP contribution in [0, 0.1) is 22.7 Å². The van der Waals surface area contributed by atoms with Crippen LogP contribution in [0.5, 0.6) is 0 Å². The predicted octanol–water partition coefficient (Wildman–Crippen LogP) is 3.41. The first-order valence-corrected chi connectivity index (χ1v) is 10.0. The van der Waals surface area contributed by atoms with E-state index in [9.17, 15) is 9.59 Å². The van der Waals surface area contributed by atoms with E-state index in [0.29, 0.717) is 35.9 Å². The zero-order valence-corrected chi connectivity index (χ0v) is 17.8. The van der Waals surface area contributed by atoms with Crippen LogP contribution in [0.25, 0.3) is 0 Å². The van der Waals surface area contributed by atoms with Crippen LogP contribution in [-0.4, -0.2) is 56.3 Å². The molecule has 2 aliphatic rings. The molecule has 5 heteroatoms. The molecule has 2 saturated carbocycles. The van der Waals surface area contributed by atoms with Crippen molar-refractivity contribution in [3.8, 4) is 0 Å². The molecule has 26 heavy (non-hydrogen) atoms. The van der Waals surface area contributed by atoms with Crippen LogP contribution >= 0.6 is 0 Å². The Bertz CT molecular complexity index is 540. The van der Waals surface area contributed by atoms with Crippen LogP contribution in [0.1, 0.15) is 60.3 Å². The van der Waals surface area contributed by atoms with Gasteiger partial charge < -0.3 is 14.0 Å². The summed E-state index contributed by atoms with van der Waals surface area (Å²) >= 11 is 0. The molecule has 2 bridgehead atoms. The van der Waals surface area contributed by atoms with Gasteiger partial charge in [-0.15, -0.1) is 0 Å². The lowest BCUT2D eigenvalue weighted by atomic mass is 9.70. The molecule has 0 amide bonds. The zero-order chi connectivity index (χ0) is 19.8. The van der Waals surface area contributed by atoms with Gasteiger partial charge in [0.15, 0.2) is 6.54 Å². The number of likely N-dealkylation sites (N-methyl/N-ethyl adjacent to an activating group) is 1. The van der Waals surface area contributed by atoms with Crippen molar-refractivity contribution < 1.29 is 23.5 Å². The third kappa shape index (κ3) is 4.41. The van der Waals surface area contributed by atoms with Crippen LogP contribution in [0.15, 0.2) is 0 Å². The average molecular weight is 369 g/mol. The first-order chi connectivity index (χ1) is 11.9. The molecule has 0 saturated heterocycles. The Kier molecular flexibility index (Phi) is 6.11. The van der Waals surface area contributed by atoms with Crippen LogP contribution in [0.4, 0.5) is 0 Å². The molecule has 2 rings (SSSR count). The fraction of sp³-hybridized carbons (Fsp3) is 0.905. The number of fused-ring (bicyclic) bond motifs is 2. The van der Waals surface area contributed by atoms with Gasteiger partial charge >= 0.3 is 11.9 Å².